The van der Waals surface area contributed by atoms with Gasteiger partial charge in [0.2, 0.25) is 12.7 Å². The van der Waals surface area contributed by atoms with Crippen LogP contribution >= 0.6 is 0 Å². The number of fused-ring (bicyclic) bond motifs is 1. The van der Waals surface area contributed by atoms with E-state index in [1.54, 1.807) is 18.2 Å². The molecule has 1 atom stereocenters. The molecule has 0 radical (unpaired) electrons. The predicted molar refractivity (Wildman–Crippen MR) is 128 cm³/mol. The van der Waals surface area contributed by atoms with Crippen molar-refractivity contribution in [2.24, 2.45) is 0 Å². The van der Waals surface area contributed by atoms with Gasteiger partial charge in [0.1, 0.15) is 6.04 Å². The first-order valence-electron chi connectivity index (χ1n) is 11.5. The highest BCUT2D eigenvalue weighted by Crippen LogP contribution is 2.33. The molecule has 8 nitrogen and oxygen atoms in total. The molecule has 0 aromatic heterocycles. The van der Waals surface area contributed by atoms with Crippen LogP contribution in [0.3, 0.4) is 0 Å². The molecule has 2 heterocycles. The Hall–Kier alpha value is -4.33. The molecular formula is C27H25N3O5. The molecule has 35 heavy (non-hydrogen) atoms. The highest BCUT2D eigenvalue weighted by molar-refractivity contribution is 6.05. The number of carbonyl (C=O) groups excluding carboxylic acids is 3. The topological polar surface area (TPSA) is 97.0 Å². The van der Waals surface area contributed by atoms with Crippen molar-refractivity contribution in [1.82, 2.24) is 15.5 Å². The lowest BCUT2D eigenvalue weighted by Crippen LogP contribution is -2.37. The molecule has 8 heteroatoms. The first-order valence-corrected chi connectivity index (χ1v) is 11.5. The summed E-state index contributed by atoms with van der Waals surface area (Å²) >= 11 is 0. The fourth-order valence-electron chi connectivity index (χ4n) is 4.36. The summed E-state index contributed by atoms with van der Waals surface area (Å²) in [6, 6.07) is 23.7. The van der Waals surface area contributed by atoms with Crippen LogP contribution in [0, 0.1) is 0 Å². The molecule has 2 aliphatic heterocycles. The van der Waals surface area contributed by atoms with Gasteiger partial charge >= 0.3 is 6.03 Å². The second-order valence-corrected chi connectivity index (χ2v) is 8.50. The van der Waals surface area contributed by atoms with E-state index in [0.717, 1.165) is 21.6 Å². The Kier molecular flexibility index (Phi) is 6.34. The van der Waals surface area contributed by atoms with Crippen LogP contribution in [0.15, 0.2) is 78.9 Å². The summed E-state index contributed by atoms with van der Waals surface area (Å²) in [5.74, 6) is 0.454. The number of nitrogens with one attached hydrogen (secondary N) is 2. The first kappa shape index (κ1) is 22.5. The fourth-order valence-corrected chi connectivity index (χ4v) is 4.36. The molecule has 1 saturated heterocycles. The minimum Gasteiger partial charge on any atom is -0.454 e. The number of hydrogen-bond donors (Lipinski definition) is 2. The maximum Gasteiger partial charge on any atom is 0.325 e. The monoisotopic (exact) mass is 471 g/mol. The predicted octanol–water partition coefficient (Wildman–Crippen LogP) is 3.17. The van der Waals surface area contributed by atoms with Gasteiger partial charge in [0.25, 0.3) is 5.91 Å². The van der Waals surface area contributed by atoms with Crippen LogP contribution in [0.5, 0.6) is 11.5 Å². The molecule has 0 saturated carbocycles. The van der Waals surface area contributed by atoms with Crippen molar-refractivity contribution in [3.8, 4) is 11.5 Å². The standard InChI is InChI=1S/C27H25N3O5/c31-25(28-15-21(19-7-3-1-4-8-19)20-9-5-2-6-10-20)14-22-26(32)30(27(33)29-22)16-18-11-12-23-24(13-18)35-17-34-23/h1-13,21-22H,14-17H2,(H,28,31)(H,29,33)/t22-/m1/s1. The third-order valence-corrected chi connectivity index (χ3v) is 6.18. The minimum atomic E-state index is -0.900. The van der Waals surface area contributed by atoms with Crippen molar-refractivity contribution in [1.29, 1.82) is 0 Å². The fraction of sp³-hybridized carbons (Fsp3) is 0.222. The van der Waals surface area contributed by atoms with Crippen molar-refractivity contribution in [3.63, 3.8) is 0 Å². The zero-order valence-corrected chi connectivity index (χ0v) is 19.0. The second kappa shape index (κ2) is 9.89. The number of ether oxygens (including phenoxy) is 2. The van der Waals surface area contributed by atoms with Gasteiger partial charge in [0.15, 0.2) is 11.5 Å². The Morgan fingerprint density at radius 1 is 0.943 bits per heavy atom. The van der Waals surface area contributed by atoms with E-state index in [4.69, 9.17) is 9.47 Å². The van der Waals surface area contributed by atoms with Crippen LogP contribution in [0.1, 0.15) is 29.0 Å². The van der Waals surface area contributed by atoms with Crippen LogP contribution in [0.25, 0.3) is 0 Å². The number of urea groups is 1. The lowest BCUT2D eigenvalue weighted by molar-refractivity contribution is -0.131. The van der Waals surface area contributed by atoms with Crippen molar-refractivity contribution < 1.29 is 23.9 Å². The highest BCUT2D eigenvalue weighted by atomic mass is 16.7. The van der Waals surface area contributed by atoms with E-state index < -0.39 is 18.0 Å². The summed E-state index contributed by atoms with van der Waals surface area (Å²) in [5, 5.41) is 5.57. The number of benzene rings is 3. The number of nitrogens with zero attached hydrogens (tertiary/aromatic N) is 1. The largest absolute Gasteiger partial charge is 0.454 e. The van der Waals surface area contributed by atoms with E-state index in [2.05, 4.69) is 10.6 Å². The molecule has 2 aliphatic rings. The summed E-state index contributed by atoms with van der Waals surface area (Å²) in [6.45, 7) is 0.612. The van der Waals surface area contributed by atoms with Gasteiger partial charge in [-0.25, -0.2) is 4.79 Å². The maximum atomic E-state index is 12.9. The quantitative estimate of drug-likeness (QED) is 0.492. The van der Waals surface area contributed by atoms with Gasteiger partial charge < -0.3 is 20.1 Å². The van der Waals surface area contributed by atoms with Crippen molar-refractivity contribution >= 4 is 17.8 Å². The number of hydrogen-bond acceptors (Lipinski definition) is 5. The summed E-state index contributed by atoms with van der Waals surface area (Å²) in [4.78, 5) is 39.2. The molecule has 1 fully saturated rings. The zero-order valence-electron chi connectivity index (χ0n) is 19.0. The SMILES string of the molecule is O=C(C[C@H]1NC(=O)N(Cc2ccc3c(c2)OCO3)C1=O)NCC(c1ccccc1)c1ccccc1. The summed E-state index contributed by atoms with van der Waals surface area (Å²) in [6.07, 6.45) is -0.126. The summed E-state index contributed by atoms with van der Waals surface area (Å²) in [7, 11) is 0. The lowest BCUT2D eigenvalue weighted by Gasteiger charge is -2.19. The van der Waals surface area contributed by atoms with Crippen molar-refractivity contribution in [2.75, 3.05) is 13.3 Å². The van der Waals surface area contributed by atoms with Crippen LogP contribution in [-0.4, -0.2) is 42.1 Å². The second-order valence-electron chi connectivity index (χ2n) is 8.50. The Morgan fingerprint density at radius 3 is 2.29 bits per heavy atom. The number of imide groups is 1. The van der Waals surface area contributed by atoms with Crippen LogP contribution in [0.4, 0.5) is 4.79 Å². The molecule has 0 spiro atoms. The molecule has 4 amide bonds. The van der Waals surface area contributed by atoms with Gasteiger partial charge in [-0.2, -0.15) is 0 Å². The number of carbonyl (C=O) groups is 3. The molecule has 0 aliphatic carbocycles. The average Bonchev–Trinajstić information content (AvgIpc) is 3.45. The van der Waals surface area contributed by atoms with Crippen LogP contribution < -0.4 is 20.1 Å². The van der Waals surface area contributed by atoms with Crippen molar-refractivity contribution in [3.05, 3.63) is 95.6 Å². The van der Waals surface area contributed by atoms with Crippen molar-refractivity contribution in [2.45, 2.75) is 24.9 Å². The highest BCUT2D eigenvalue weighted by Gasteiger charge is 2.39. The van der Waals surface area contributed by atoms with E-state index in [1.165, 1.54) is 0 Å². The molecular weight excluding hydrogens is 446 g/mol. The van der Waals surface area contributed by atoms with E-state index in [0.29, 0.717) is 18.0 Å². The third kappa shape index (κ3) is 4.96. The Labute approximate surface area is 202 Å². The Morgan fingerprint density at radius 2 is 1.60 bits per heavy atom. The third-order valence-electron chi connectivity index (χ3n) is 6.18. The molecule has 0 unspecified atom stereocenters. The van der Waals surface area contributed by atoms with Gasteiger partial charge in [0.05, 0.1) is 13.0 Å². The Bertz CT molecular complexity index is 1190. The first-order chi connectivity index (χ1) is 17.1. The molecule has 3 aromatic rings. The van der Waals surface area contributed by atoms with E-state index in [9.17, 15) is 14.4 Å². The average molecular weight is 472 g/mol. The maximum absolute atomic E-state index is 12.9. The van der Waals surface area contributed by atoms with Gasteiger partial charge in [-0.1, -0.05) is 66.7 Å². The summed E-state index contributed by atoms with van der Waals surface area (Å²) in [5.41, 5.74) is 2.90. The van der Waals surface area contributed by atoms with E-state index in [-0.39, 0.29) is 31.6 Å². The lowest BCUT2D eigenvalue weighted by atomic mass is 9.91. The van der Waals surface area contributed by atoms with E-state index >= 15 is 0 Å². The molecule has 5 rings (SSSR count). The number of rotatable bonds is 8. The Balaban J connectivity index is 1.20. The van der Waals surface area contributed by atoms with Crippen LogP contribution in [0.2, 0.25) is 0 Å². The smallest absolute Gasteiger partial charge is 0.325 e. The van der Waals surface area contributed by atoms with E-state index in [1.807, 2.05) is 60.7 Å². The van der Waals surface area contributed by atoms with Crippen LogP contribution in [-0.2, 0) is 16.1 Å². The molecule has 2 N–H and O–H groups in total. The van der Waals surface area contributed by atoms with Gasteiger partial charge in [-0.05, 0) is 28.8 Å². The molecule has 3 aromatic carbocycles. The number of amides is 4. The zero-order chi connectivity index (χ0) is 24.2. The van der Waals surface area contributed by atoms with Gasteiger partial charge in [0, 0.05) is 12.5 Å². The van der Waals surface area contributed by atoms with Gasteiger partial charge in [-0.3, -0.25) is 14.5 Å². The molecule has 0 bridgehead atoms. The minimum absolute atomic E-state index is 0.0299. The molecule has 178 valence electrons. The summed E-state index contributed by atoms with van der Waals surface area (Å²) < 4.78 is 10.7. The normalized spacial score (nSPS) is 16.5. The van der Waals surface area contributed by atoms with Gasteiger partial charge in [-0.15, -0.1) is 0 Å².